The van der Waals surface area contributed by atoms with Gasteiger partial charge in [0.25, 0.3) is 0 Å². The second kappa shape index (κ2) is 13.1. The minimum absolute atomic E-state index is 0. The first-order valence-electron chi connectivity index (χ1n) is 9.47. The summed E-state index contributed by atoms with van der Waals surface area (Å²) in [5.41, 5.74) is 0.949. The van der Waals surface area contributed by atoms with Crippen molar-refractivity contribution in [3.63, 3.8) is 0 Å². The van der Waals surface area contributed by atoms with Crippen LogP contribution in [0.4, 0.5) is 0 Å². The second-order valence-corrected chi connectivity index (χ2v) is 6.63. The molecule has 170 valence electrons. The molecule has 0 saturated carbocycles. The predicted molar refractivity (Wildman–Crippen MR) is 126 cm³/mol. The molecule has 1 unspecified atom stereocenters. The smallest absolute Gasteiger partial charge is 0.165 e. The van der Waals surface area contributed by atoms with Crippen molar-refractivity contribution >= 4 is 35.7 Å². The van der Waals surface area contributed by atoms with Crippen LogP contribution in [-0.4, -0.2) is 50.0 Å². The van der Waals surface area contributed by atoms with Gasteiger partial charge in [-0.1, -0.05) is 6.07 Å². The van der Waals surface area contributed by atoms with Crippen LogP contribution in [0, 0.1) is 0 Å². The van der Waals surface area contributed by atoms with E-state index in [1.807, 2.05) is 48.5 Å². The van der Waals surface area contributed by atoms with E-state index in [-0.39, 0.29) is 36.4 Å². The summed E-state index contributed by atoms with van der Waals surface area (Å²) in [7, 11) is 1.64. The molecule has 9 heteroatoms. The molecule has 2 heterocycles. The van der Waals surface area contributed by atoms with E-state index in [2.05, 4.69) is 10.3 Å². The molecule has 1 aliphatic rings. The van der Waals surface area contributed by atoms with Gasteiger partial charge < -0.3 is 29.7 Å². The molecule has 0 saturated heterocycles. The summed E-state index contributed by atoms with van der Waals surface area (Å²) in [6.07, 6.45) is 2.67. The number of methoxy groups -OCH3 is 1. The maximum Gasteiger partial charge on any atom is 0.165 e. The van der Waals surface area contributed by atoms with Gasteiger partial charge in [-0.2, -0.15) is 0 Å². The topological polar surface area (TPSA) is 93.3 Å². The zero-order valence-corrected chi connectivity index (χ0v) is 18.8. The lowest BCUT2D eigenvalue weighted by Gasteiger charge is -2.27. The van der Waals surface area contributed by atoms with Gasteiger partial charge in [-0.15, -0.1) is 24.8 Å². The van der Waals surface area contributed by atoms with Crippen molar-refractivity contribution in [1.29, 1.82) is 0 Å². The molecule has 0 fully saturated rings. The molecule has 7 nitrogen and oxygen atoms in total. The number of aromatic nitrogens is 1. The summed E-state index contributed by atoms with van der Waals surface area (Å²) in [6.45, 7) is 2.74. The number of nitrogens with zero attached hydrogens (tertiary/aromatic N) is 1. The highest BCUT2D eigenvalue weighted by Gasteiger charge is 2.21. The molecule has 1 aromatic heterocycles. The summed E-state index contributed by atoms with van der Waals surface area (Å²) in [5.74, 6) is 3.10. The summed E-state index contributed by atoms with van der Waals surface area (Å²) in [6, 6.07) is 15.6. The monoisotopic (exact) mass is 470 g/mol. The number of pyridine rings is 1. The lowest BCUT2D eigenvalue weighted by atomic mass is 10.2. The number of hydrogen-bond acceptors (Lipinski definition) is 6. The molecule has 0 radical (unpaired) electrons. The van der Waals surface area contributed by atoms with E-state index >= 15 is 0 Å². The molecule has 0 spiro atoms. The molecule has 4 rings (SSSR count). The Bertz CT molecular complexity index is 945. The average Bonchev–Trinajstić information content (AvgIpc) is 2.75. The van der Waals surface area contributed by atoms with E-state index < -0.39 is 0 Å². The molecule has 0 bridgehead atoms. The summed E-state index contributed by atoms with van der Waals surface area (Å²) < 4.78 is 22.8. The van der Waals surface area contributed by atoms with Crippen molar-refractivity contribution in [2.24, 2.45) is 0 Å². The van der Waals surface area contributed by atoms with Crippen LogP contribution in [0.3, 0.4) is 0 Å². The van der Waals surface area contributed by atoms with Crippen LogP contribution in [0.5, 0.6) is 23.0 Å². The van der Waals surface area contributed by atoms with Crippen LogP contribution in [0.2, 0.25) is 0 Å². The Morgan fingerprint density at radius 1 is 1.06 bits per heavy atom. The third-order valence-electron chi connectivity index (χ3n) is 4.59. The minimum Gasteiger partial charge on any atom is -0.497 e. The molecule has 0 amide bonds. The van der Waals surface area contributed by atoms with E-state index in [1.165, 1.54) is 0 Å². The normalized spacial score (nSPS) is 13.9. The highest BCUT2D eigenvalue weighted by atomic mass is 35.5. The lowest BCUT2D eigenvalue weighted by Crippen LogP contribution is -2.39. The number of benzene rings is 2. The lowest BCUT2D eigenvalue weighted by molar-refractivity contribution is 0.0898. The molecule has 3 aromatic rings. The molecule has 1 atom stereocenters. The van der Waals surface area contributed by atoms with Gasteiger partial charge in [0, 0.05) is 30.3 Å². The van der Waals surface area contributed by atoms with Gasteiger partial charge in [0.05, 0.1) is 19.2 Å². The minimum atomic E-state index is -0.0212. The van der Waals surface area contributed by atoms with E-state index in [0.717, 1.165) is 53.4 Å². The van der Waals surface area contributed by atoms with Gasteiger partial charge in [0.15, 0.2) is 11.5 Å². The first-order chi connectivity index (χ1) is 13.8. The van der Waals surface area contributed by atoms with Gasteiger partial charge in [0.2, 0.25) is 0 Å². The van der Waals surface area contributed by atoms with Gasteiger partial charge >= 0.3 is 0 Å². The zero-order valence-electron chi connectivity index (χ0n) is 17.2. The molecule has 2 aromatic carbocycles. The van der Waals surface area contributed by atoms with Crippen LogP contribution >= 0.6 is 24.8 Å². The number of nitrogens with one attached hydrogen (secondary N) is 1. The van der Waals surface area contributed by atoms with E-state index in [0.29, 0.717) is 13.2 Å². The van der Waals surface area contributed by atoms with Crippen molar-refractivity contribution in [1.82, 2.24) is 10.3 Å². The Kier molecular flexibility index (Phi) is 11.2. The summed E-state index contributed by atoms with van der Waals surface area (Å²) in [4.78, 5) is 4.35. The number of halogens is 2. The van der Waals surface area contributed by atoms with Gasteiger partial charge in [-0.25, -0.2) is 0 Å². The van der Waals surface area contributed by atoms with Crippen LogP contribution in [-0.2, 0) is 0 Å². The Labute approximate surface area is 194 Å². The van der Waals surface area contributed by atoms with Crippen LogP contribution < -0.4 is 24.3 Å². The highest BCUT2D eigenvalue weighted by molar-refractivity contribution is 5.85. The fourth-order valence-electron chi connectivity index (χ4n) is 3.11. The third-order valence-corrected chi connectivity index (χ3v) is 4.59. The number of fused-ring (bicyclic) bond motifs is 2. The molecular weight excluding hydrogens is 443 g/mol. The Morgan fingerprint density at radius 3 is 2.74 bits per heavy atom. The summed E-state index contributed by atoms with van der Waals surface area (Å²) >= 11 is 0. The molecule has 0 aliphatic carbocycles. The fraction of sp³-hybridized carbons (Fsp3) is 0.318. The average molecular weight is 471 g/mol. The molecule has 1 aliphatic heterocycles. The van der Waals surface area contributed by atoms with Crippen molar-refractivity contribution < 1.29 is 24.4 Å². The van der Waals surface area contributed by atoms with Gasteiger partial charge in [-0.05, 0) is 43.3 Å². The highest BCUT2D eigenvalue weighted by Crippen LogP contribution is 2.34. The van der Waals surface area contributed by atoms with E-state index in [1.54, 1.807) is 13.3 Å². The van der Waals surface area contributed by atoms with Crippen LogP contribution in [0.1, 0.15) is 6.42 Å². The SMILES string of the molecule is COc1ccc2c(c1)OC(CNCCCOc1ccc3cccnc3c1)CO2.Cl.Cl.O. The number of rotatable bonds is 8. The first kappa shape index (κ1) is 26.6. The maximum absolute atomic E-state index is 5.99. The van der Waals surface area contributed by atoms with E-state index in [4.69, 9.17) is 18.9 Å². The standard InChI is InChI=1S/C22H24N2O4.2ClH.H2O/c1-25-17-7-8-21-22(13-17)28-19(15-27-21)14-23-9-3-11-26-18-6-5-16-4-2-10-24-20(16)12-18;;;/h2,4-8,10,12-13,19,23H,3,9,11,14-15H2,1H3;2*1H;1H2. The molecule has 31 heavy (non-hydrogen) atoms. The molecular formula is C22H28Cl2N2O5. The van der Waals surface area contributed by atoms with Gasteiger partial charge in [-0.3, -0.25) is 4.98 Å². The maximum atomic E-state index is 5.99. The second-order valence-electron chi connectivity index (χ2n) is 6.63. The van der Waals surface area contributed by atoms with Crippen molar-refractivity contribution in [2.45, 2.75) is 12.5 Å². The Balaban J connectivity index is 0.00000160. The van der Waals surface area contributed by atoms with E-state index in [9.17, 15) is 0 Å². The predicted octanol–water partition coefficient (Wildman–Crippen LogP) is 3.46. The molecule has 3 N–H and O–H groups in total. The van der Waals surface area contributed by atoms with Crippen LogP contribution in [0.15, 0.2) is 54.7 Å². The third kappa shape index (κ3) is 7.04. The fourth-order valence-corrected chi connectivity index (χ4v) is 3.11. The largest absolute Gasteiger partial charge is 0.497 e. The number of hydrogen-bond donors (Lipinski definition) is 1. The van der Waals surface area contributed by atoms with Crippen molar-refractivity contribution in [3.05, 3.63) is 54.7 Å². The van der Waals surface area contributed by atoms with Crippen molar-refractivity contribution in [2.75, 3.05) is 33.4 Å². The number of ether oxygens (including phenoxy) is 4. The van der Waals surface area contributed by atoms with Gasteiger partial charge in [0.1, 0.15) is 24.2 Å². The first-order valence-corrected chi connectivity index (χ1v) is 9.47. The Morgan fingerprint density at radius 2 is 1.90 bits per heavy atom. The van der Waals surface area contributed by atoms with Crippen molar-refractivity contribution in [3.8, 4) is 23.0 Å². The quantitative estimate of drug-likeness (QED) is 0.506. The van der Waals surface area contributed by atoms with Crippen LogP contribution in [0.25, 0.3) is 10.9 Å². The zero-order chi connectivity index (χ0) is 19.2. The summed E-state index contributed by atoms with van der Waals surface area (Å²) in [5, 5.41) is 4.52. The Hall–Kier alpha value is -2.45.